The van der Waals surface area contributed by atoms with Crippen molar-refractivity contribution >= 4 is 17.5 Å². The first-order valence-corrected chi connectivity index (χ1v) is 8.11. The molecule has 1 aromatic heterocycles. The zero-order valence-electron chi connectivity index (χ0n) is 13.6. The van der Waals surface area contributed by atoms with Crippen molar-refractivity contribution in [3.8, 4) is 0 Å². The lowest BCUT2D eigenvalue weighted by molar-refractivity contribution is 0.102. The molecule has 2 N–H and O–H groups in total. The van der Waals surface area contributed by atoms with Crippen LogP contribution in [0.3, 0.4) is 0 Å². The van der Waals surface area contributed by atoms with Crippen LogP contribution in [0.4, 0.5) is 11.6 Å². The van der Waals surface area contributed by atoms with Gasteiger partial charge in [-0.25, -0.2) is 9.97 Å². The SMILES string of the molecule is Cc1cc(C(=O)Nc2ccccc2C)nc(NC2CCCC2)n1. The van der Waals surface area contributed by atoms with E-state index in [0.29, 0.717) is 17.7 Å². The van der Waals surface area contributed by atoms with Gasteiger partial charge in [0.15, 0.2) is 0 Å². The molecule has 1 heterocycles. The molecule has 0 spiro atoms. The van der Waals surface area contributed by atoms with Crippen LogP contribution in [0.5, 0.6) is 0 Å². The first-order valence-electron chi connectivity index (χ1n) is 8.11. The Balaban J connectivity index is 1.77. The number of para-hydroxylation sites is 1. The molecule has 1 amide bonds. The monoisotopic (exact) mass is 310 g/mol. The topological polar surface area (TPSA) is 66.9 Å². The number of carbonyl (C=O) groups is 1. The molecule has 3 rings (SSSR count). The first kappa shape index (κ1) is 15.5. The maximum absolute atomic E-state index is 12.5. The third-order valence-electron chi connectivity index (χ3n) is 4.17. The molecule has 1 aliphatic rings. The second-order valence-corrected chi connectivity index (χ2v) is 6.11. The van der Waals surface area contributed by atoms with Gasteiger partial charge in [-0.15, -0.1) is 0 Å². The van der Waals surface area contributed by atoms with Crippen molar-refractivity contribution in [2.45, 2.75) is 45.6 Å². The number of nitrogens with zero attached hydrogens (tertiary/aromatic N) is 2. The van der Waals surface area contributed by atoms with E-state index in [0.717, 1.165) is 29.8 Å². The molecule has 5 heteroatoms. The second-order valence-electron chi connectivity index (χ2n) is 6.11. The molecule has 0 atom stereocenters. The summed E-state index contributed by atoms with van der Waals surface area (Å²) < 4.78 is 0. The van der Waals surface area contributed by atoms with Crippen molar-refractivity contribution in [1.29, 1.82) is 0 Å². The van der Waals surface area contributed by atoms with E-state index in [1.807, 2.05) is 38.1 Å². The van der Waals surface area contributed by atoms with Crippen molar-refractivity contribution in [1.82, 2.24) is 9.97 Å². The van der Waals surface area contributed by atoms with Gasteiger partial charge in [0, 0.05) is 17.4 Å². The third-order valence-corrected chi connectivity index (χ3v) is 4.17. The van der Waals surface area contributed by atoms with E-state index in [9.17, 15) is 4.79 Å². The molecule has 0 radical (unpaired) electrons. The summed E-state index contributed by atoms with van der Waals surface area (Å²) in [7, 11) is 0. The molecule has 1 aliphatic carbocycles. The van der Waals surface area contributed by atoms with Crippen LogP contribution in [0.15, 0.2) is 30.3 Å². The molecule has 120 valence electrons. The van der Waals surface area contributed by atoms with Gasteiger partial charge in [-0.1, -0.05) is 31.0 Å². The summed E-state index contributed by atoms with van der Waals surface area (Å²) in [6.07, 6.45) is 4.76. The van der Waals surface area contributed by atoms with Crippen LogP contribution in [0.1, 0.15) is 47.4 Å². The van der Waals surface area contributed by atoms with Crippen LogP contribution in [-0.4, -0.2) is 21.9 Å². The maximum Gasteiger partial charge on any atom is 0.274 e. The summed E-state index contributed by atoms with van der Waals surface area (Å²) in [5.74, 6) is 0.339. The number of carbonyl (C=O) groups excluding carboxylic acids is 1. The van der Waals surface area contributed by atoms with Crippen molar-refractivity contribution < 1.29 is 4.79 Å². The Morgan fingerprint density at radius 1 is 1.13 bits per heavy atom. The zero-order chi connectivity index (χ0) is 16.2. The average Bonchev–Trinajstić information content (AvgIpc) is 3.02. The Hall–Kier alpha value is -2.43. The Morgan fingerprint density at radius 3 is 2.61 bits per heavy atom. The van der Waals surface area contributed by atoms with Gasteiger partial charge in [-0.3, -0.25) is 4.79 Å². The summed E-state index contributed by atoms with van der Waals surface area (Å²) in [6, 6.07) is 9.84. The van der Waals surface area contributed by atoms with Crippen molar-refractivity contribution in [3.63, 3.8) is 0 Å². The Morgan fingerprint density at radius 2 is 1.87 bits per heavy atom. The minimum Gasteiger partial charge on any atom is -0.351 e. The van der Waals surface area contributed by atoms with Crippen LogP contribution in [0.2, 0.25) is 0 Å². The van der Waals surface area contributed by atoms with Gasteiger partial charge in [-0.2, -0.15) is 0 Å². The minimum atomic E-state index is -0.209. The highest BCUT2D eigenvalue weighted by atomic mass is 16.1. The summed E-state index contributed by atoms with van der Waals surface area (Å²) in [6.45, 7) is 3.85. The third kappa shape index (κ3) is 3.86. The number of amides is 1. The molecular weight excluding hydrogens is 288 g/mol. The molecule has 5 nitrogen and oxygen atoms in total. The number of hydrogen-bond acceptors (Lipinski definition) is 4. The van der Waals surface area contributed by atoms with Gasteiger partial charge in [0.2, 0.25) is 5.95 Å². The number of benzene rings is 1. The molecule has 1 aromatic carbocycles. The van der Waals surface area contributed by atoms with Crippen molar-refractivity contribution in [2.75, 3.05) is 10.6 Å². The number of hydrogen-bond donors (Lipinski definition) is 2. The maximum atomic E-state index is 12.5. The molecule has 2 aromatic rings. The highest BCUT2D eigenvalue weighted by molar-refractivity contribution is 6.03. The first-order chi connectivity index (χ1) is 11.1. The Kier molecular flexibility index (Phi) is 4.55. The van der Waals surface area contributed by atoms with E-state index in [2.05, 4.69) is 20.6 Å². The lowest BCUT2D eigenvalue weighted by Gasteiger charge is -2.13. The van der Waals surface area contributed by atoms with Gasteiger partial charge in [0.1, 0.15) is 5.69 Å². The van der Waals surface area contributed by atoms with Gasteiger partial charge >= 0.3 is 0 Å². The van der Waals surface area contributed by atoms with E-state index in [1.165, 1.54) is 12.8 Å². The van der Waals surface area contributed by atoms with Crippen molar-refractivity contribution in [3.05, 3.63) is 47.3 Å². The predicted octanol–water partition coefficient (Wildman–Crippen LogP) is 3.70. The Labute approximate surface area is 136 Å². The lowest BCUT2D eigenvalue weighted by atomic mass is 10.2. The van der Waals surface area contributed by atoms with Crippen LogP contribution in [-0.2, 0) is 0 Å². The summed E-state index contributed by atoms with van der Waals surface area (Å²) in [5, 5.41) is 6.27. The van der Waals surface area contributed by atoms with E-state index in [-0.39, 0.29) is 5.91 Å². The number of anilines is 2. The van der Waals surface area contributed by atoms with E-state index in [4.69, 9.17) is 0 Å². The van der Waals surface area contributed by atoms with Crippen LogP contribution < -0.4 is 10.6 Å². The molecule has 0 unspecified atom stereocenters. The molecule has 0 aliphatic heterocycles. The van der Waals surface area contributed by atoms with Crippen molar-refractivity contribution in [2.24, 2.45) is 0 Å². The largest absolute Gasteiger partial charge is 0.351 e. The fraction of sp³-hybridized carbons (Fsp3) is 0.389. The van der Waals surface area contributed by atoms with Crippen LogP contribution in [0.25, 0.3) is 0 Å². The quantitative estimate of drug-likeness (QED) is 0.903. The van der Waals surface area contributed by atoms with Crippen LogP contribution >= 0.6 is 0 Å². The minimum absolute atomic E-state index is 0.209. The van der Waals surface area contributed by atoms with Gasteiger partial charge < -0.3 is 10.6 Å². The summed E-state index contributed by atoms with van der Waals surface area (Å²) >= 11 is 0. The average molecular weight is 310 g/mol. The molecule has 1 saturated carbocycles. The highest BCUT2D eigenvalue weighted by Crippen LogP contribution is 2.21. The molecule has 0 saturated heterocycles. The fourth-order valence-corrected chi connectivity index (χ4v) is 2.90. The number of aromatic nitrogens is 2. The smallest absolute Gasteiger partial charge is 0.274 e. The molecular formula is C18H22N4O. The normalized spacial score (nSPS) is 14.7. The van der Waals surface area contributed by atoms with E-state index >= 15 is 0 Å². The summed E-state index contributed by atoms with van der Waals surface area (Å²) in [4.78, 5) is 21.3. The van der Waals surface area contributed by atoms with E-state index in [1.54, 1.807) is 6.07 Å². The van der Waals surface area contributed by atoms with Gasteiger partial charge in [0.05, 0.1) is 0 Å². The zero-order valence-corrected chi connectivity index (χ0v) is 13.6. The van der Waals surface area contributed by atoms with Gasteiger partial charge in [0.25, 0.3) is 5.91 Å². The fourth-order valence-electron chi connectivity index (χ4n) is 2.90. The number of aryl methyl sites for hydroxylation is 2. The predicted molar refractivity (Wildman–Crippen MR) is 91.8 cm³/mol. The number of nitrogens with one attached hydrogen (secondary N) is 2. The van der Waals surface area contributed by atoms with Gasteiger partial charge in [-0.05, 0) is 44.4 Å². The summed E-state index contributed by atoms with van der Waals surface area (Å²) in [5.41, 5.74) is 3.01. The lowest BCUT2D eigenvalue weighted by Crippen LogP contribution is -2.20. The highest BCUT2D eigenvalue weighted by Gasteiger charge is 2.17. The molecule has 1 fully saturated rings. The molecule has 0 bridgehead atoms. The second kappa shape index (κ2) is 6.77. The van der Waals surface area contributed by atoms with Crippen LogP contribution in [0, 0.1) is 13.8 Å². The Bertz CT molecular complexity index is 708. The molecule has 23 heavy (non-hydrogen) atoms. The number of rotatable bonds is 4. The standard InChI is InChI=1S/C18H22N4O/c1-12-7-3-6-10-15(12)21-17(23)16-11-13(2)19-18(22-16)20-14-8-4-5-9-14/h3,6-7,10-11,14H,4-5,8-9H2,1-2H3,(H,21,23)(H,19,20,22). The van der Waals surface area contributed by atoms with E-state index < -0.39 is 0 Å².